The highest BCUT2D eigenvalue weighted by atomic mass is 32.2. The number of rotatable bonds is 3. The molecule has 0 spiro atoms. The lowest BCUT2D eigenvalue weighted by atomic mass is 10.2. The third kappa shape index (κ3) is 2.57. The Morgan fingerprint density at radius 2 is 2.00 bits per heavy atom. The average molecular weight is 315 g/mol. The molecule has 1 aromatic heterocycles. The minimum absolute atomic E-state index is 0.251. The third-order valence-corrected chi connectivity index (χ3v) is 4.18. The second-order valence-corrected chi connectivity index (χ2v) is 5.85. The lowest BCUT2D eigenvalue weighted by molar-refractivity contribution is -0.122. The van der Waals surface area contributed by atoms with E-state index in [2.05, 4.69) is 0 Å². The molecule has 2 amide bonds. The van der Waals surface area contributed by atoms with Crippen molar-refractivity contribution in [2.45, 2.75) is 13.3 Å². The summed E-state index contributed by atoms with van der Waals surface area (Å²) in [7, 11) is 0. The van der Waals surface area contributed by atoms with Gasteiger partial charge >= 0.3 is 5.63 Å². The Kier molecular flexibility index (Phi) is 3.85. The quantitative estimate of drug-likeness (QED) is 0.642. The molecule has 1 fully saturated rings. The summed E-state index contributed by atoms with van der Waals surface area (Å²) in [6.45, 7) is 2.28. The number of thioether (sulfide) groups is 1. The molecule has 1 aliphatic rings. The van der Waals surface area contributed by atoms with Crippen LogP contribution in [0, 0.1) is 0 Å². The molecule has 112 valence electrons. The first-order valence-electron chi connectivity index (χ1n) is 6.88. The molecule has 22 heavy (non-hydrogen) atoms. The monoisotopic (exact) mass is 315 g/mol. The zero-order valence-electron chi connectivity index (χ0n) is 11.9. The van der Waals surface area contributed by atoms with E-state index < -0.39 is 5.63 Å². The van der Waals surface area contributed by atoms with Gasteiger partial charge in [-0.2, -0.15) is 0 Å². The fraction of sp³-hybridized carbons (Fsp3) is 0.188. The zero-order valence-corrected chi connectivity index (χ0v) is 12.7. The summed E-state index contributed by atoms with van der Waals surface area (Å²) in [6, 6.07) is 8.80. The Hall–Kier alpha value is -2.34. The van der Waals surface area contributed by atoms with Crippen molar-refractivity contribution < 1.29 is 14.0 Å². The summed E-state index contributed by atoms with van der Waals surface area (Å²) in [5.74, 6) is -0.357. The Morgan fingerprint density at radius 3 is 2.77 bits per heavy atom. The maximum atomic E-state index is 12.2. The van der Waals surface area contributed by atoms with E-state index in [0.717, 1.165) is 17.1 Å². The molecule has 1 aromatic carbocycles. The van der Waals surface area contributed by atoms with E-state index in [-0.39, 0.29) is 21.6 Å². The van der Waals surface area contributed by atoms with Crippen LogP contribution in [0.4, 0.5) is 4.79 Å². The lowest BCUT2D eigenvalue weighted by Crippen LogP contribution is -2.28. The number of hydrogen-bond acceptors (Lipinski definition) is 5. The number of carbonyl (C=O) groups is 2. The van der Waals surface area contributed by atoms with E-state index in [0.29, 0.717) is 18.5 Å². The number of nitrogens with zero attached hydrogens (tertiary/aromatic N) is 1. The lowest BCUT2D eigenvalue weighted by Gasteiger charge is -2.09. The third-order valence-electron chi connectivity index (χ3n) is 3.28. The SMILES string of the molecule is CCCN1C(=O)S/C(=C/c2cc3ccccc3oc2=O)C1=O. The van der Waals surface area contributed by atoms with Crippen LogP contribution in [0.25, 0.3) is 17.0 Å². The minimum Gasteiger partial charge on any atom is -0.422 e. The van der Waals surface area contributed by atoms with Gasteiger partial charge in [0.25, 0.3) is 11.1 Å². The first-order valence-corrected chi connectivity index (χ1v) is 7.70. The molecule has 5 nitrogen and oxygen atoms in total. The summed E-state index contributed by atoms with van der Waals surface area (Å²) in [5, 5.41) is 0.462. The number of benzene rings is 1. The normalized spacial score (nSPS) is 17.0. The van der Waals surface area contributed by atoms with E-state index >= 15 is 0 Å². The van der Waals surface area contributed by atoms with Crippen LogP contribution in [0.3, 0.4) is 0 Å². The zero-order chi connectivity index (χ0) is 15.7. The van der Waals surface area contributed by atoms with Crippen molar-refractivity contribution in [1.29, 1.82) is 0 Å². The van der Waals surface area contributed by atoms with Crippen molar-refractivity contribution in [3.05, 3.63) is 51.2 Å². The first-order chi connectivity index (χ1) is 10.6. The van der Waals surface area contributed by atoms with E-state index in [1.807, 2.05) is 19.1 Å². The van der Waals surface area contributed by atoms with Gasteiger partial charge in [-0.3, -0.25) is 14.5 Å². The molecule has 0 saturated carbocycles. The molecule has 1 saturated heterocycles. The van der Waals surface area contributed by atoms with Gasteiger partial charge in [0.15, 0.2) is 0 Å². The summed E-state index contributed by atoms with van der Waals surface area (Å²) < 4.78 is 5.22. The van der Waals surface area contributed by atoms with Crippen molar-refractivity contribution >= 4 is 40.0 Å². The number of para-hydroxylation sites is 1. The summed E-state index contributed by atoms with van der Waals surface area (Å²) in [6.07, 6.45) is 2.13. The second kappa shape index (κ2) is 5.81. The number of hydrogen-bond donors (Lipinski definition) is 0. The molecule has 1 aliphatic heterocycles. The molecule has 2 heterocycles. The van der Waals surface area contributed by atoms with Crippen LogP contribution < -0.4 is 5.63 Å². The van der Waals surface area contributed by atoms with E-state index in [4.69, 9.17) is 4.42 Å². The first kappa shape index (κ1) is 14.6. The Balaban J connectivity index is 2.02. The Labute approximate surface area is 130 Å². The molecular formula is C16H13NO4S. The molecule has 0 radical (unpaired) electrons. The number of fused-ring (bicyclic) bond motifs is 1. The molecular weight excluding hydrogens is 302 g/mol. The standard InChI is InChI=1S/C16H13NO4S/c1-2-7-17-14(18)13(22-16(17)20)9-11-8-10-5-3-4-6-12(10)21-15(11)19/h3-6,8-9H,2,7H2,1H3/b13-9+. The van der Waals surface area contributed by atoms with Gasteiger partial charge in [-0.15, -0.1) is 0 Å². The van der Waals surface area contributed by atoms with Crippen molar-refractivity contribution in [2.75, 3.05) is 6.54 Å². The largest absolute Gasteiger partial charge is 0.422 e. The summed E-state index contributed by atoms with van der Waals surface area (Å²) in [5.41, 5.74) is 0.227. The van der Waals surface area contributed by atoms with Gasteiger partial charge in [-0.25, -0.2) is 4.79 Å². The fourth-order valence-electron chi connectivity index (χ4n) is 2.24. The molecule has 0 atom stereocenters. The molecule has 0 N–H and O–H groups in total. The van der Waals surface area contributed by atoms with Crippen molar-refractivity contribution in [2.24, 2.45) is 0 Å². The van der Waals surface area contributed by atoms with Gasteiger partial charge in [-0.1, -0.05) is 25.1 Å². The van der Waals surface area contributed by atoms with E-state index in [9.17, 15) is 14.4 Å². The highest BCUT2D eigenvalue weighted by Gasteiger charge is 2.34. The van der Waals surface area contributed by atoms with Crippen LogP contribution in [0.1, 0.15) is 18.9 Å². The minimum atomic E-state index is -0.527. The molecule has 0 bridgehead atoms. The molecule has 0 aliphatic carbocycles. The number of amides is 2. The van der Waals surface area contributed by atoms with Gasteiger partial charge in [-0.05, 0) is 36.4 Å². The maximum absolute atomic E-state index is 12.2. The van der Waals surface area contributed by atoms with Gasteiger partial charge in [0.05, 0.1) is 10.5 Å². The topological polar surface area (TPSA) is 67.6 Å². The van der Waals surface area contributed by atoms with Crippen molar-refractivity contribution in [3.63, 3.8) is 0 Å². The van der Waals surface area contributed by atoms with Crippen LogP contribution >= 0.6 is 11.8 Å². The van der Waals surface area contributed by atoms with Crippen molar-refractivity contribution in [1.82, 2.24) is 4.90 Å². The summed E-state index contributed by atoms with van der Waals surface area (Å²) in [4.78, 5) is 37.4. The van der Waals surface area contributed by atoms with E-state index in [1.165, 1.54) is 11.0 Å². The van der Waals surface area contributed by atoms with Crippen LogP contribution in [-0.4, -0.2) is 22.6 Å². The van der Waals surface area contributed by atoms with Crippen molar-refractivity contribution in [3.8, 4) is 0 Å². The van der Waals surface area contributed by atoms with Gasteiger partial charge in [0.1, 0.15) is 5.58 Å². The molecule has 6 heteroatoms. The van der Waals surface area contributed by atoms with Gasteiger partial charge < -0.3 is 4.42 Å². The molecule has 3 rings (SSSR count). The predicted molar refractivity (Wildman–Crippen MR) is 85.5 cm³/mol. The number of imide groups is 1. The number of carbonyl (C=O) groups excluding carboxylic acids is 2. The van der Waals surface area contributed by atoms with Gasteiger partial charge in [0.2, 0.25) is 0 Å². The Morgan fingerprint density at radius 1 is 1.23 bits per heavy atom. The molecule has 0 unspecified atom stereocenters. The average Bonchev–Trinajstić information content (AvgIpc) is 2.76. The van der Waals surface area contributed by atoms with Crippen LogP contribution in [-0.2, 0) is 4.79 Å². The predicted octanol–water partition coefficient (Wildman–Crippen LogP) is 3.24. The summed E-state index contributed by atoms with van der Waals surface area (Å²) >= 11 is 0.849. The highest BCUT2D eigenvalue weighted by Crippen LogP contribution is 2.32. The Bertz CT molecular complexity index is 853. The van der Waals surface area contributed by atoms with Gasteiger partial charge in [0, 0.05) is 11.9 Å². The van der Waals surface area contributed by atoms with Crippen LogP contribution in [0.5, 0.6) is 0 Å². The fourth-order valence-corrected chi connectivity index (χ4v) is 3.09. The smallest absolute Gasteiger partial charge is 0.343 e. The highest BCUT2D eigenvalue weighted by molar-refractivity contribution is 8.18. The maximum Gasteiger partial charge on any atom is 0.343 e. The second-order valence-electron chi connectivity index (χ2n) is 4.86. The molecule has 2 aromatic rings. The van der Waals surface area contributed by atoms with Crippen LogP contribution in [0.2, 0.25) is 0 Å². The van der Waals surface area contributed by atoms with Crippen LogP contribution in [0.15, 0.2) is 44.4 Å². The van der Waals surface area contributed by atoms with E-state index in [1.54, 1.807) is 18.2 Å².